The quantitative estimate of drug-likeness (QED) is 0.670. The Kier molecular flexibility index (Phi) is 8.59. The molecule has 0 unspecified atom stereocenters. The normalized spacial score (nSPS) is 8.71. The van der Waals surface area contributed by atoms with Crippen LogP contribution in [-0.4, -0.2) is 0 Å². The minimum atomic E-state index is 0. The molecule has 0 fully saturated rings. The summed E-state index contributed by atoms with van der Waals surface area (Å²) in [4.78, 5) is 0. The van der Waals surface area contributed by atoms with Gasteiger partial charge in [0.05, 0.1) is 0 Å². The van der Waals surface area contributed by atoms with Crippen molar-refractivity contribution in [2.24, 2.45) is 0 Å². The van der Waals surface area contributed by atoms with E-state index >= 15 is 0 Å². The summed E-state index contributed by atoms with van der Waals surface area (Å²) < 4.78 is 0. The molecule has 0 saturated heterocycles. The first-order valence-corrected chi connectivity index (χ1v) is 5.89. The van der Waals surface area contributed by atoms with E-state index in [0.717, 1.165) is 0 Å². The number of aryl methyl sites for hydroxylation is 2. The molecule has 2 aromatic rings. The van der Waals surface area contributed by atoms with Gasteiger partial charge in [0.2, 0.25) is 0 Å². The van der Waals surface area contributed by atoms with Crippen LogP contribution in [0.4, 0.5) is 0 Å². The molecule has 0 aromatic heterocycles. The van der Waals surface area contributed by atoms with E-state index in [2.05, 4.69) is 62.4 Å². The molecule has 0 saturated carbocycles. The fraction of sp³-hybridized carbons (Fsp3) is 0.250. The first kappa shape index (κ1) is 16.7. The monoisotopic (exact) mass is 252 g/mol. The van der Waals surface area contributed by atoms with Gasteiger partial charge in [0.1, 0.15) is 0 Å². The average Bonchev–Trinajstić information content (AvgIpc) is 2.34. The maximum absolute atomic E-state index is 2.17. The van der Waals surface area contributed by atoms with Crippen LogP contribution < -0.4 is 0 Å². The van der Waals surface area contributed by atoms with Crippen LogP contribution in [0.25, 0.3) is 11.1 Å². The topological polar surface area (TPSA) is 0 Å². The van der Waals surface area contributed by atoms with Crippen molar-refractivity contribution in [1.29, 1.82) is 0 Å². The summed E-state index contributed by atoms with van der Waals surface area (Å²) in [6.07, 6.45) is 0. The molecule has 0 heterocycles. The molecule has 1 heteroatoms. The van der Waals surface area contributed by atoms with Gasteiger partial charge < -0.3 is 0 Å². The Morgan fingerprint density at radius 3 is 1.00 bits per heavy atom. The Hall–Kier alpha value is -0.300. The van der Waals surface area contributed by atoms with E-state index in [-0.39, 0.29) is 37.7 Å². The van der Waals surface area contributed by atoms with E-state index in [0.29, 0.717) is 0 Å². The predicted molar refractivity (Wildman–Crippen MR) is 72.7 cm³/mol. The maximum atomic E-state index is 2.17. The van der Waals surface area contributed by atoms with Crippen LogP contribution in [0.1, 0.15) is 25.0 Å². The number of rotatable bonds is 1. The third-order valence-electron chi connectivity index (χ3n) is 2.44. The fourth-order valence-electron chi connectivity index (χ4n) is 1.49. The summed E-state index contributed by atoms with van der Waals surface area (Å²) >= 11 is 0. The Morgan fingerprint density at radius 1 is 0.529 bits per heavy atom. The van der Waals surface area contributed by atoms with Crippen molar-refractivity contribution in [2.45, 2.75) is 27.7 Å². The Bertz CT molecular complexity index is 369. The number of hydrogen-bond donors (Lipinski definition) is 0. The van der Waals surface area contributed by atoms with Crippen molar-refractivity contribution >= 4 is 0 Å². The summed E-state index contributed by atoms with van der Waals surface area (Å²) in [6.45, 7) is 8.22. The summed E-state index contributed by atoms with van der Waals surface area (Å²) in [5.74, 6) is 0. The zero-order valence-corrected chi connectivity index (χ0v) is 11.7. The molecule has 0 nitrogen and oxygen atoms in total. The van der Waals surface area contributed by atoms with Crippen LogP contribution in [0.5, 0.6) is 0 Å². The molecule has 0 aliphatic rings. The van der Waals surface area contributed by atoms with Crippen molar-refractivity contribution < 1.29 is 37.7 Å². The summed E-state index contributed by atoms with van der Waals surface area (Å²) in [5.41, 5.74) is 5.19. The molecule has 0 bridgehead atoms. The Morgan fingerprint density at radius 2 is 0.765 bits per heavy atom. The van der Waals surface area contributed by atoms with E-state index in [1.165, 1.54) is 22.3 Å². The molecular weight excluding hydrogens is 232 g/mol. The first-order valence-electron chi connectivity index (χ1n) is 5.89. The molecule has 0 amide bonds. The third kappa shape index (κ3) is 5.25. The predicted octanol–water partition coefficient (Wildman–Crippen LogP) is 5.00. The van der Waals surface area contributed by atoms with Gasteiger partial charge in [-0.25, -0.2) is 0 Å². The molecule has 17 heavy (non-hydrogen) atoms. The number of benzene rings is 2. The van der Waals surface area contributed by atoms with Gasteiger partial charge in [-0.3, -0.25) is 0 Å². The molecule has 92 valence electrons. The maximum Gasteiger partial charge on any atom is 0 e. The van der Waals surface area contributed by atoms with Crippen LogP contribution in [0.15, 0.2) is 48.5 Å². The summed E-state index contributed by atoms with van der Waals surface area (Å²) in [7, 11) is 0. The van der Waals surface area contributed by atoms with E-state index in [4.69, 9.17) is 0 Å². The molecule has 2 aromatic carbocycles. The van der Waals surface area contributed by atoms with Crippen molar-refractivity contribution in [3.05, 3.63) is 59.7 Å². The van der Waals surface area contributed by atoms with E-state index < -0.39 is 0 Å². The van der Waals surface area contributed by atoms with Crippen molar-refractivity contribution in [1.82, 2.24) is 0 Å². The Labute approximate surface area is 135 Å². The largest absolute Gasteiger partial charge is 0.0683 e. The van der Waals surface area contributed by atoms with Gasteiger partial charge in [-0.2, -0.15) is 0 Å². The van der Waals surface area contributed by atoms with E-state index in [1.54, 1.807) is 0 Å². The second-order valence-electron chi connectivity index (χ2n) is 3.73. The van der Waals surface area contributed by atoms with Crippen molar-refractivity contribution in [3.63, 3.8) is 0 Å². The standard InChI is InChI=1S/C14H14.C2H6.Ar/c1-11-3-7-13(8-4-11)14-9-5-12(2)6-10-14;1-2;/h3-10H,1-2H3;1-2H3;. The molecule has 0 N–H and O–H groups in total. The summed E-state index contributed by atoms with van der Waals surface area (Å²) in [5, 5.41) is 0. The molecular formula is C16H20Ar. The molecule has 2 rings (SSSR count). The van der Waals surface area contributed by atoms with Crippen LogP contribution in [-0.2, 0) is 0 Å². The second kappa shape index (κ2) is 8.74. The second-order valence-corrected chi connectivity index (χ2v) is 3.73. The first-order chi connectivity index (χ1) is 7.75. The molecule has 0 aliphatic carbocycles. The third-order valence-corrected chi connectivity index (χ3v) is 2.44. The van der Waals surface area contributed by atoms with E-state index in [9.17, 15) is 0 Å². The van der Waals surface area contributed by atoms with Crippen molar-refractivity contribution in [3.8, 4) is 11.1 Å². The minimum absolute atomic E-state index is 0. The Balaban J connectivity index is 0.000000811. The van der Waals surface area contributed by atoms with Crippen molar-refractivity contribution in [2.75, 3.05) is 0 Å². The van der Waals surface area contributed by atoms with Gasteiger partial charge >= 0.3 is 0 Å². The van der Waals surface area contributed by atoms with E-state index in [1.807, 2.05) is 13.8 Å². The smallest absolute Gasteiger partial charge is 0 e. The number of hydrogen-bond acceptors (Lipinski definition) is 0. The van der Waals surface area contributed by atoms with Crippen LogP contribution in [0.2, 0.25) is 0 Å². The molecule has 0 radical (unpaired) electrons. The minimum Gasteiger partial charge on any atom is -0.0683 e. The van der Waals surface area contributed by atoms with Gasteiger partial charge in [0, 0.05) is 37.7 Å². The average molecular weight is 252 g/mol. The van der Waals surface area contributed by atoms with Gasteiger partial charge in [0.15, 0.2) is 0 Å². The zero-order chi connectivity index (χ0) is 12.0. The molecule has 0 atom stereocenters. The van der Waals surface area contributed by atoms with Gasteiger partial charge in [-0.15, -0.1) is 0 Å². The fourth-order valence-corrected chi connectivity index (χ4v) is 1.49. The van der Waals surface area contributed by atoms with Crippen LogP contribution in [0.3, 0.4) is 0 Å². The zero-order valence-electron chi connectivity index (χ0n) is 11.0. The SMILES string of the molecule is CC.Cc1ccc(-c2ccc(C)cc2)cc1.[Ar]. The van der Waals surface area contributed by atoms with Gasteiger partial charge in [-0.05, 0) is 25.0 Å². The van der Waals surface area contributed by atoms with Crippen LogP contribution in [0, 0.1) is 51.6 Å². The van der Waals surface area contributed by atoms with Crippen LogP contribution >= 0.6 is 0 Å². The van der Waals surface area contributed by atoms with Gasteiger partial charge in [-0.1, -0.05) is 73.5 Å². The molecule has 0 aliphatic heterocycles. The molecule has 0 spiro atoms. The summed E-state index contributed by atoms with van der Waals surface area (Å²) in [6, 6.07) is 17.3. The van der Waals surface area contributed by atoms with Gasteiger partial charge in [0.25, 0.3) is 0 Å².